The van der Waals surface area contributed by atoms with Crippen molar-refractivity contribution in [3.8, 4) is 0 Å². The van der Waals surface area contributed by atoms with Gasteiger partial charge in [0.1, 0.15) is 0 Å². The monoisotopic (exact) mass is 184 g/mol. The van der Waals surface area contributed by atoms with E-state index in [0.717, 1.165) is 32.5 Å². The molecule has 74 valence electrons. The summed E-state index contributed by atoms with van der Waals surface area (Å²) in [4.78, 5) is 10.2. The minimum absolute atomic E-state index is 0.240. The van der Waals surface area contributed by atoms with Crippen LogP contribution in [-0.2, 0) is 9.53 Å². The van der Waals surface area contributed by atoms with Gasteiger partial charge in [-0.3, -0.25) is 0 Å². The Morgan fingerprint density at radius 2 is 2.15 bits per heavy atom. The van der Waals surface area contributed by atoms with Crippen LogP contribution < -0.4 is 0 Å². The van der Waals surface area contributed by atoms with Crippen molar-refractivity contribution in [2.45, 2.75) is 26.2 Å². The zero-order valence-electron chi connectivity index (χ0n) is 7.95. The van der Waals surface area contributed by atoms with Gasteiger partial charge in [-0.2, -0.15) is 0 Å². The zero-order valence-corrected chi connectivity index (χ0v) is 7.95. The van der Waals surface area contributed by atoms with Crippen molar-refractivity contribution in [2.75, 3.05) is 13.2 Å². The minimum Gasteiger partial charge on any atom is -0.478 e. The summed E-state index contributed by atoms with van der Waals surface area (Å²) in [7, 11) is 0. The highest BCUT2D eigenvalue weighted by Crippen LogP contribution is 2.33. The van der Waals surface area contributed by atoms with E-state index < -0.39 is 5.97 Å². The minimum atomic E-state index is -0.865. The third-order valence-corrected chi connectivity index (χ3v) is 2.57. The van der Waals surface area contributed by atoms with Crippen molar-refractivity contribution < 1.29 is 14.6 Å². The molecule has 0 aromatic heterocycles. The van der Waals surface area contributed by atoms with Crippen LogP contribution in [0, 0.1) is 5.41 Å². The SMILES string of the molecule is CC1(CC=CC(=O)O)CCOCC1. The normalized spacial score (nSPS) is 21.9. The molecule has 0 radical (unpaired) electrons. The van der Waals surface area contributed by atoms with Gasteiger partial charge >= 0.3 is 5.97 Å². The standard InChI is InChI=1S/C10H16O3/c1-10(4-2-3-9(11)12)5-7-13-8-6-10/h2-3H,4-8H2,1H3,(H,11,12). The Labute approximate surface area is 78.4 Å². The Morgan fingerprint density at radius 3 is 2.69 bits per heavy atom. The molecule has 0 aliphatic carbocycles. The average molecular weight is 184 g/mol. The molecule has 1 aliphatic rings. The Bertz CT molecular complexity index is 202. The third kappa shape index (κ3) is 3.59. The number of carboxylic acids is 1. The number of rotatable bonds is 3. The fraction of sp³-hybridized carbons (Fsp3) is 0.700. The molecule has 0 saturated carbocycles. The van der Waals surface area contributed by atoms with Crippen LogP contribution in [-0.4, -0.2) is 24.3 Å². The van der Waals surface area contributed by atoms with Crippen molar-refractivity contribution in [3.05, 3.63) is 12.2 Å². The molecule has 0 amide bonds. The van der Waals surface area contributed by atoms with E-state index in [1.807, 2.05) is 0 Å². The van der Waals surface area contributed by atoms with Crippen molar-refractivity contribution in [1.29, 1.82) is 0 Å². The van der Waals surface area contributed by atoms with Gasteiger partial charge in [-0.15, -0.1) is 0 Å². The first-order valence-corrected chi connectivity index (χ1v) is 4.60. The van der Waals surface area contributed by atoms with E-state index in [2.05, 4.69) is 6.92 Å². The molecule has 0 atom stereocenters. The van der Waals surface area contributed by atoms with Crippen LogP contribution in [0.15, 0.2) is 12.2 Å². The molecule has 1 rings (SSSR count). The van der Waals surface area contributed by atoms with Gasteiger partial charge in [0.25, 0.3) is 0 Å². The van der Waals surface area contributed by atoms with Gasteiger partial charge in [0.05, 0.1) is 0 Å². The Morgan fingerprint density at radius 1 is 1.54 bits per heavy atom. The summed E-state index contributed by atoms with van der Waals surface area (Å²) in [6.45, 7) is 3.79. The molecule has 13 heavy (non-hydrogen) atoms. The number of aliphatic carboxylic acids is 1. The summed E-state index contributed by atoms with van der Waals surface area (Å²) < 4.78 is 5.25. The van der Waals surface area contributed by atoms with Crippen LogP contribution in [0.5, 0.6) is 0 Å². The third-order valence-electron chi connectivity index (χ3n) is 2.57. The largest absolute Gasteiger partial charge is 0.478 e. The molecule has 0 bridgehead atoms. The fourth-order valence-electron chi connectivity index (χ4n) is 1.51. The molecule has 0 aromatic rings. The summed E-state index contributed by atoms with van der Waals surface area (Å²) in [6, 6.07) is 0. The van der Waals surface area contributed by atoms with E-state index in [9.17, 15) is 4.79 Å². The summed E-state index contributed by atoms with van der Waals surface area (Å²) in [5.74, 6) is -0.865. The first-order valence-electron chi connectivity index (χ1n) is 4.60. The lowest BCUT2D eigenvalue weighted by molar-refractivity contribution is -0.131. The van der Waals surface area contributed by atoms with Gasteiger partial charge < -0.3 is 9.84 Å². The van der Waals surface area contributed by atoms with Crippen molar-refractivity contribution in [1.82, 2.24) is 0 Å². The second-order valence-electron chi connectivity index (χ2n) is 3.87. The van der Waals surface area contributed by atoms with Gasteiger partial charge in [-0.05, 0) is 24.7 Å². The van der Waals surface area contributed by atoms with Crippen LogP contribution in [0.4, 0.5) is 0 Å². The Hall–Kier alpha value is -0.830. The average Bonchev–Trinajstić information content (AvgIpc) is 2.04. The van der Waals surface area contributed by atoms with Crippen LogP contribution in [0.3, 0.4) is 0 Å². The molecule has 1 fully saturated rings. The van der Waals surface area contributed by atoms with E-state index in [-0.39, 0.29) is 5.41 Å². The van der Waals surface area contributed by atoms with Crippen LogP contribution in [0.1, 0.15) is 26.2 Å². The lowest BCUT2D eigenvalue weighted by Crippen LogP contribution is -2.25. The predicted molar refractivity (Wildman–Crippen MR) is 49.6 cm³/mol. The quantitative estimate of drug-likeness (QED) is 0.681. The number of hydrogen-bond acceptors (Lipinski definition) is 2. The topological polar surface area (TPSA) is 46.5 Å². The van der Waals surface area contributed by atoms with E-state index in [1.165, 1.54) is 6.08 Å². The van der Waals surface area contributed by atoms with Gasteiger partial charge in [0.2, 0.25) is 0 Å². The maximum atomic E-state index is 10.2. The molecule has 1 N–H and O–H groups in total. The number of allylic oxidation sites excluding steroid dienone is 1. The van der Waals surface area contributed by atoms with Crippen LogP contribution in [0.2, 0.25) is 0 Å². The molecule has 1 aliphatic heterocycles. The molecule has 3 heteroatoms. The summed E-state index contributed by atoms with van der Waals surface area (Å²) in [5.41, 5.74) is 0.240. The number of ether oxygens (including phenoxy) is 1. The Balaban J connectivity index is 2.37. The van der Waals surface area contributed by atoms with Gasteiger partial charge in [0.15, 0.2) is 0 Å². The molecular weight excluding hydrogens is 168 g/mol. The highest BCUT2D eigenvalue weighted by molar-refractivity contribution is 5.79. The Kier molecular flexibility index (Phi) is 3.48. The van der Waals surface area contributed by atoms with Crippen molar-refractivity contribution in [3.63, 3.8) is 0 Å². The van der Waals surface area contributed by atoms with Crippen LogP contribution >= 0.6 is 0 Å². The molecule has 0 spiro atoms. The van der Waals surface area contributed by atoms with E-state index in [1.54, 1.807) is 6.08 Å². The van der Waals surface area contributed by atoms with Gasteiger partial charge in [-0.1, -0.05) is 13.0 Å². The van der Waals surface area contributed by atoms with E-state index >= 15 is 0 Å². The second kappa shape index (κ2) is 4.42. The summed E-state index contributed by atoms with van der Waals surface area (Å²) in [5, 5.41) is 8.42. The highest BCUT2D eigenvalue weighted by atomic mass is 16.5. The second-order valence-corrected chi connectivity index (χ2v) is 3.87. The highest BCUT2D eigenvalue weighted by Gasteiger charge is 2.25. The van der Waals surface area contributed by atoms with Crippen LogP contribution in [0.25, 0.3) is 0 Å². The van der Waals surface area contributed by atoms with Gasteiger partial charge in [0, 0.05) is 19.3 Å². The predicted octanol–water partition coefficient (Wildman–Crippen LogP) is 1.83. The fourth-order valence-corrected chi connectivity index (χ4v) is 1.51. The lowest BCUT2D eigenvalue weighted by Gasteiger charge is -2.32. The van der Waals surface area contributed by atoms with Crippen molar-refractivity contribution in [2.24, 2.45) is 5.41 Å². The summed E-state index contributed by atoms with van der Waals surface area (Å²) in [6.07, 6.45) is 5.85. The first-order chi connectivity index (χ1) is 6.12. The zero-order chi connectivity index (χ0) is 9.73. The molecule has 3 nitrogen and oxygen atoms in total. The smallest absolute Gasteiger partial charge is 0.327 e. The van der Waals surface area contributed by atoms with E-state index in [4.69, 9.17) is 9.84 Å². The first kappa shape index (κ1) is 10.3. The van der Waals surface area contributed by atoms with E-state index in [0.29, 0.717) is 0 Å². The maximum absolute atomic E-state index is 10.2. The number of carbonyl (C=O) groups is 1. The molecule has 1 heterocycles. The summed E-state index contributed by atoms with van der Waals surface area (Å²) >= 11 is 0. The molecular formula is C10H16O3. The van der Waals surface area contributed by atoms with Gasteiger partial charge in [-0.25, -0.2) is 4.79 Å². The van der Waals surface area contributed by atoms with Crippen molar-refractivity contribution >= 4 is 5.97 Å². The number of carboxylic acid groups (broad SMARTS) is 1. The molecule has 0 unspecified atom stereocenters. The number of hydrogen-bond donors (Lipinski definition) is 1. The maximum Gasteiger partial charge on any atom is 0.327 e. The lowest BCUT2D eigenvalue weighted by atomic mass is 9.79. The molecule has 1 saturated heterocycles. The molecule has 0 aromatic carbocycles.